The zero-order valence-corrected chi connectivity index (χ0v) is 25.7. The van der Waals surface area contributed by atoms with Gasteiger partial charge in [-0.3, -0.25) is 33.4 Å². The first-order chi connectivity index (χ1) is 21.3. The fourth-order valence-corrected chi connectivity index (χ4v) is 6.02. The molecular weight excluding hydrogens is 592 g/mol. The second kappa shape index (κ2) is 16.5. The van der Waals surface area contributed by atoms with Gasteiger partial charge in [0.2, 0.25) is 5.91 Å². The number of aryl methyl sites for hydroxylation is 1. The first-order valence-corrected chi connectivity index (χ1v) is 15.5. The molecule has 45 heavy (non-hydrogen) atoms. The van der Waals surface area contributed by atoms with Gasteiger partial charge in [0.1, 0.15) is 5.82 Å². The van der Waals surface area contributed by atoms with Gasteiger partial charge < -0.3 is 30.1 Å². The van der Waals surface area contributed by atoms with Crippen LogP contribution in [0.4, 0.5) is 0 Å². The SMILES string of the molecule is CCOC(=O)C1CCCN(CC(=O)N2CCC(c3cc(=O)n4c(n3)CCCCC4)CC2)C1.O=C(O)CC(O)(CC(=O)O)C(=O)O. The van der Waals surface area contributed by atoms with E-state index in [9.17, 15) is 28.8 Å². The Labute approximate surface area is 260 Å². The summed E-state index contributed by atoms with van der Waals surface area (Å²) in [5, 5.41) is 33.8. The molecule has 4 heterocycles. The van der Waals surface area contributed by atoms with Gasteiger partial charge >= 0.3 is 23.9 Å². The van der Waals surface area contributed by atoms with Crippen LogP contribution in [0.15, 0.2) is 10.9 Å². The molecule has 4 rings (SSSR count). The standard InChI is InChI=1S/C24H36N4O4.C6H8O7/c1-2-32-24(31)19-7-6-11-26(16-19)17-23(30)27-13-9-18(10-14-27)20-15-22(29)28-12-5-3-4-8-21(28)25-20;7-3(8)1-6(13,5(11)12)2-4(9)10/h15,18-19H,2-14,16-17H2,1H3;13H,1-2H2,(H,7,8)(H,9,10)(H,11,12). The Balaban J connectivity index is 0.000000360. The summed E-state index contributed by atoms with van der Waals surface area (Å²) in [5.74, 6) is -3.98. The first kappa shape index (κ1) is 35.6. The lowest BCUT2D eigenvalue weighted by Gasteiger charge is -2.35. The van der Waals surface area contributed by atoms with Crippen molar-refractivity contribution >= 4 is 29.8 Å². The number of nitrogens with zero attached hydrogens (tertiary/aromatic N) is 4. The topological polar surface area (TPSA) is 217 Å². The molecule has 2 fully saturated rings. The van der Waals surface area contributed by atoms with Gasteiger partial charge in [-0.25, -0.2) is 9.78 Å². The van der Waals surface area contributed by atoms with Crippen molar-refractivity contribution < 1.29 is 49.1 Å². The van der Waals surface area contributed by atoms with Crippen LogP contribution in [0.3, 0.4) is 0 Å². The van der Waals surface area contributed by atoms with Gasteiger partial charge in [-0.05, 0) is 52.0 Å². The van der Waals surface area contributed by atoms with Gasteiger partial charge in [-0.1, -0.05) is 6.42 Å². The average molecular weight is 637 g/mol. The quantitative estimate of drug-likeness (QED) is 0.260. The fourth-order valence-electron chi connectivity index (χ4n) is 6.02. The zero-order chi connectivity index (χ0) is 33.1. The number of carboxylic acids is 3. The Kier molecular flexibility index (Phi) is 13.0. The molecule has 15 heteroatoms. The van der Waals surface area contributed by atoms with Gasteiger partial charge in [-0.15, -0.1) is 0 Å². The number of amides is 1. The van der Waals surface area contributed by atoms with E-state index in [-0.39, 0.29) is 29.3 Å². The summed E-state index contributed by atoms with van der Waals surface area (Å²) in [5.41, 5.74) is -1.76. The number of piperidine rings is 2. The van der Waals surface area contributed by atoms with E-state index in [4.69, 9.17) is 30.1 Å². The summed E-state index contributed by atoms with van der Waals surface area (Å²) in [4.78, 5) is 76.9. The van der Waals surface area contributed by atoms with E-state index in [1.165, 1.54) is 0 Å². The third-order valence-electron chi connectivity index (χ3n) is 8.42. The van der Waals surface area contributed by atoms with E-state index in [2.05, 4.69) is 4.90 Å². The molecule has 1 atom stereocenters. The number of likely N-dealkylation sites (tertiary alicyclic amines) is 2. The van der Waals surface area contributed by atoms with E-state index < -0.39 is 36.4 Å². The van der Waals surface area contributed by atoms with Crippen LogP contribution in [-0.2, 0) is 41.7 Å². The summed E-state index contributed by atoms with van der Waals surface area (Å²) in [6, 6.07) is 1.72. The molecule has 3 aliphatic rings. The molecule has 1 aromatic rings. The first-order valence-electron chi connectivity index (χ1n) is 15.5. The predicted octanol–water partition coefficient (Wildman–Crippen LogP) is 0.702. The van der Waals surface area contributed by atoms with Crippen molar-refractivity contribution in [1.82, 2.24) is 19.4 Å². The van der Waals surface area contributed by atoms with E-state index in [1.807, 2.05) is 16.4 Å². The molecule has 0 radical (unpaired) electrons. The number of carbonyl (C=O) groups excluding carboxylic acids is 2. The van der Waals surface area contributed by atoms with Crippen LogP contribution in [0.25, 0.3) is 0 Å². The number of esters is 1. The largest absolute Gasteiger partial charge is 0.481 e. The minimum Gasteiger partial charge on any atom is -0.481 e. The summed E-state index contributed by atoms with van der Waals surface area (Å²) in [6.45, 7) is 6.20. The Bertz CT molecular complexity index is 1270. The number of carboxylic acid groups (broad SMARTS) is 3. The number of carbonyl (C=O) groups is 5. The molecule has 4 N–H and O–H groups in total. The highest BCUT2D eigenvalue weighted by atomic mass is 16.5. The zero-order valence-electron chi connectivity index (χ0n) is 25.7. The molecule has 250 valence electrons. The van der Waals surface area contributed by atoms with Crippen molar-refractivity contribution in [3.05, 3.63) is 27.9 Å². The number of aromatic nitrogens is 2. The van der Waals surface area contributed by atoms with Crippen molar-refractivity contribution in [2.45, 2.75) is 89.2 Å². The maximum Gasteiger partial charge on any atom is 0.336 e. The Hall–Kier alpha value is -3.85. The molecule has 0 aromatic carbocycles. The predicted molar refractivity (Wildman–Crippen MR) is 157 cm³/mol. The van der Waals surface area contributed by atoms with Crippen molar-refractivity contribution in [2.24, 2.45) is 5.92 Å². The van der Waals surface area contributed by atoms with Crippen LogP contribution in [0.1, 0.15) is 82.1 Å². The molecule has 15 nitrogen and oxygen atoms in total. The lowest BCUT2D eigenvalue weighted by atomic mass is 9.93. The molecule has 0 aliphatic carbocycles. The lowest BCUT2D eigenvalue weighted by molar-refractivity contribution is -0.170. The Morgan fingerprint density at radius 2 is 1.60 bits per heavy atom. The van der Waals surface area contributed by atoms with E-state index in [1.54, 1.807) is 6.07 Å². The second-order valence-electron chi connectivity index (χ2n) is 11.9. The molecule has 1 unspecified atom stereocenters. The van der Waals surface area contributed by atoms with Crippen molar-refractivity contribution in [3.63, 3.8) is 0 Å². The lowest BCUT2D eigenvalue weighted by Crippen LogP contribution is -2.47. The van der Waals surface area contributed by atoms with Gasteiger partial charge in [0.25, 0.3) is 5.56 Å². The molecule has 1 aromatic heterocycles. The number of ether oxygens (including phenoxy) is 1. The third kappa shape index (κ3) is 10.3. The normalized spacial score (nSPS) is 19.3. The smallest absolute Gasteiger partial charge is 0.336 e. The van der Waals surface area contributed by atoms with Gasteiger partial charge in [0, 0.05) is 44.6 Å². The van der Waals surface area contributed by atoms with Gasteiger partial charge in [0.15, 0.2) is 5.60 Å². The van der Waals surface area contributed by atoms with Crippen molar-refractivity contribution in [1.29, 1.82) is 0 Å². The average Bonchev–Trinajstić information content (AvgIpc) is 3.23. The molecule has 2 saturated heterocycles. The molecule has 0 spiro atoms. The van der Waals surface area contributed by atoms with Crippen LogP contribution in [-0.4, -0.2) is 114 Å². The van der Waals surface area contributed by atoms with E-state index in [0.717, 1.165) is 76.0 Å². The van der Waals surface area contributed by atoms with Crippen LogP contribution in [0.5, 0.6) is 0 Å². The number of aliphatic carboxylic acids is 3. The highest BCUT2D eigenvalue weighted by Gasteiger charge is 2.40. The number of rotatable bonds is 10. The van der Waals surface area contributed by atoms with Crippen LogP contribution < -0.4 is 5.56 Å². The van der Waals surface area contributed by atoms with Crippen LogP contribution in [0, 0.1) is 5.92 Å². The maximum absolute atomic E-state index is 12.9. The summed E-state index contributed by atoms with van der Waals surface area (Å²) < 4.78 is 7.01. The van der Waals surface area contributed by atoms with Gasteiger partial charge in [-0.2, -0.15) is 0 Å². The molecule has 1 amide bonds. The fraction of sp³-hybridized carbons (Fsp3) is 0.700. The number of hydrogen-bond acceptors (Lipinski definition) is 10. The Morgan fingerprint density at radius 3 is 2.20 bits per heavy atom. The number of hydrogen-bond donors (Lipinski definition) is 4. The molecule has 3 aliphatic heterocycles. The van der Waals surface area contributed by atoms with E-state index >= 15 is 0 Å². The monoisotopic (exact) mass is 636 g/mol. The summed E-state index contributed by atoms with van der Waals surface area (Å²) >= 11 is 0. The van der Waals surface area contributed by atoms with E-state index in [0.29, 0.717) is 32.8 Å². The summed E-state index contributed by atoms with van der Waals surface area (Å²) in [6.07, 6.45) is 5.31. The molecule has 0 bridgehead atoms. The third-order valence-corrected chi connectivity index (χ3v) is 8.42. The van der Waals surface area contributed by atoms with Crippen LogP contribution >= 0.6 is 0 Å². The van der Waals surface area contributed by atoms with Crippen LogP contribution in [0.2, 0.25) is 0 Å². The minimum atomic E-state index is -2.74. The number of fused-ring (bicyclic) bond motifs is 1. The maximum atomic E-state index is 12.9. The van der Waals surface area contributed by atoms with Crippen molar-refractivity contribution in [3.8, 4) is 0 Å². The highest BCUT2D eigenvalue weighted by molar-refractivity contribution is 5.88. The molecular formula is C30H44N4O11. The Morgan fingerprint density at radius 1 is 0.933 bits per heavy atom. The minimum absolute atomic E-state index is 0.0756. The second-order valence-corrected chi connectivity index (χ2v) is 11.9. The van der Waals surface area contributed by atoms with Gasteiger partial charge in [0.05, 0.1) is 37.6 Å². The van der Waals surface area contributed by atoms with Crippen molar-refractivity contribution in [2.75, 3.05) is 39.3 Å². The number of aliphatic hydroxyl groups is 1. The highest BCUT2D eigenvalue weighted by Crippen LogP contribution is 2.27. The molecule has 0 saturated carbocycles. The summed E-state index contributed by atoms with van der Waals surface area (Å²) in [7, 11) is 0.